The minimum Gasteiger partial charge on any atom is -0.308 e. The van der Waals surface area contributed by atoms with Crippen molar-refractivity contribution in [2.24, 2.45) is 5.84 Å². The number of nitrogens with one attached hydrogen (secondary N) is 2. The van der Waals surface area contributed by atoms with Crippen molar-refractivity contribution < 1.29 is 0 Å². The lowest BCUT2D eigenvalue weighted by Crippen LogP contribution is -2.08. The van der Waals surface area contributed by atoms with Crippen molar-refractivity contribution >= 4 is 17.6 Å². The number of nitrogens with zero attached hydrogens (tertiary/aromatic N) is 3. The summed E-state index contributed by atoms with van der Waals surface area (Å²) in [7, 11) is 0. The lowest BCUT2D eigenvalue weighted by molar-refractivity contribution is 0.972. The third-order valence-electron chi connectivity index (χ3n) is 1.74. The van der Waals surface area contributed by atoms with E-state index >= 15 is 0 Å². The maximum absolute atomic E-state index is 5.26. The molecule has 0 unspecified atom stereocenters. The van der Waals surface area contributed by atoms with Crippen molar-refractivity contribution in [3.8, 4) is 0 Å². The first-order valence-electron chi connectivity index (χ1n) is 4.28. The molecule has 0 amide bonds. The number of nitrogens with two attached hydrogens (primary N) is 1. The summed E-state index contributed by atoms with van der Waals surface area (Å²) >= 11 is 1.57. The summed E-state index contributed by atoms with van der Waals surface area (Å²) < 4.78 is 0. The number of anilines is 1. The summed E-state index contributed by atoms with van der Waals surface area (Å²) in [6, 6.07) is 3.83. The van der Waals surface area contributed by atoms with Crippen LogP contribution >= 0.6 is 11.8 Å². The highest BCUT2D eigenvalue weighted by Crippen LogP contribution is 2.18. The standard InChI is InChI=1S/C8H10N6S/c9-13-7-3-6(1-2-10-7)4-15-8-11-5-12-14-8/h1-3,5H,4,9H2,(H,10,13)(H,11,12,14). The monoisotopic (exact) mass is 222 g/mol. The largest absolute Gasteiger partial charge is 0.308 e. The van der Waals surface area contributed by atoms with E-state index in [1.807, 2.05) is 12.1 Å². The molecule has 15 heavy (non-hydrogen) atoms. The Bertz CT molecular complexity index is 415. The second kappa shape index (κ2) is 4.76. The van der Waals surface area contributed by atoms with E-state index in [0.717, 1.165) is 16.5 Å². The Morgan fingerprint density at radius 1 is 1.47 bits per heavy atom. The molecule has 0 aliphatic rings. The van der Waals surface area contributed by atoms with Crippen molar-refractivity contribution in [3.05, 3.63) is 30.2 Å². The van der Waals surface area contributed by atoms with Gasteiger partial charge in [0.25, 0.3) is 0 Å². The van der Waals surface area contributed by atoms with Crippen LogP contribution in [0.5, 0.6) is 0 Å². The summed E-state index contributed by atoms with van der Waals surface area (Å²) in [6.07, 6.45) is 3.20. The SMILES string of the molecule is NNc1cc(CSc2ncn[nH]2)ccn1. The maximum Gasteiger partial charge on any atom is 0.183 e. The van der Waals surface area contributed by atoms with Crippen molar-refractivity contribution in [1.29, 1.82) is 0 Å². The quantitative estimate of drug-likeness (QED) is 0.402. The molecule has 0 atom stereocenters. The predicted molar refractivity (Wildman–Crippen MR) is 58.0 cm³/mol. The van der Waals surface area contributed by atoms with Crippen LogP contribution in [0.25, 0.3) is 0 Å². The molecule has 0 fully saturated rings. The third-order valence-corrected chi connectivity index (χ3v) is 2.69. The predicted octanol–water partition coefficient (Wildman–Crippen LogP) is 0.778. The van der Waals surface area contributed by atoms with E-state index in [1.165, 1.54) is 6.33 Å². The van der Waals surface area contributed by atoms with Crippen LogP contribution in [0.2, 0.25) is 0 Å². The van der Waals surface area contributed by atoms with E-state index in [0.29, 0.717) is 5.82 Å². The Labute approximate surface area is 90.7 Å². The van der Waals surface area contributed by atoms with Gasteiger partial charge in [-0.15, -0.1) is 0 Å². The van der Waals surface area contributed by atoms with Crippen LogP contribution in [-0.2, 0) is 5.75 Å². The fourth-order valence-electron chi connectivity index (χ4n) is 1.06. The summed E-state index contributed by atoms with van der Waals surface area (Å²) in [5.74, 6) is 6.72. The van der Waals surface area contributed by atoms with Gasteiger partial charge in [-0.25, -0.2) is 15.8 Å². The minimum atomic E-state index is 0.658. The van der Waals surface area contributed by atoms with Crippen molar-refractivity contribution in [2.75, 3.05) is 5.43 Å². The number of hydrogen-bond donors (Lipinski definition) is 3. The zero-order chi connectivity index (χ0) is 10.5. The molecule has 4 N–H and O–H groups in total. The Morgan fingerprint density at radius 2 is 2.40 bits per heavy atom. The highest BCUT2D eigenvalue weighted by atomic mass is 32.2. The smallest absolute Gasteiger partial charge is 0.183 e. The first-order chi connectivity index (χ1) is 7.38. The molecule has 6 nitrogen and oxygen atoms in total. The van der Waals surface area contributed by atoms with Crippen molar-refractivity contribution in [3.63, 3.8) is 0 Å². The first-order valence-corrected chi connectivity index (χ1v) is 5.27. The molecule has 2 aromatic rings. The Kier molecular flexibility index (Phi) is 3.15. The van der Waals surface area contributed by atoms with Crippen LogP contribution in [-0.4, -0.2) is 20.2 Å². The van der Waals surface area contributed by atoms with Crippen LogP contribution < -0.4 is 11.3 Å². The second-order valence-electron chi connectivity index (χ2n) is 2.77. The number of nitrogen functional groups attached to an aromatic ring is 1. The molecule has 0 spiro atoms. The molecule has 0 aliphatic heterocycles. The Balaban J connectivity index is 1.98. The fourth-order valence-corrected chi connectivity index (χ4v) is 1.78. The van der Waals surface area contributed by atoms with Crippen LogP contribution in [0.1, 0.15) is 5.56 Å². The van der Waals surface area contributed by atoms with Gasteiger partial charge in [0.1, 0.15) is 12.1 Å². The molecule has 0 aliphatic carbocycles. The molecule has 0 aromatic carbocycles. The molecule has 2 heterocycles. The Morgan fingerprint density at radius 3 is 3.13 bits per heavy atom. The lowest BCUT2D eigenvalue weighted by Gasteiger charge is -2.01. The number of hydrazine groups is 1. The van der Waals surface area contributed by atoms with Gasteiger partial charge in [-0.1, -0.05) is 11.8 Å². The van der Waals surface area contributed by atoms with Gasteiger partial charge in [0.15, 0.2) is 5.16 Å². The van der Waals surface area contributed by atoms with Crippen LogP contribution in [0.15, 0.2) is 29.8 Å². The van der Waals surface area contributed by atoms with E-state index in [9.17, 15) is 0 Å². The van der Waals surface area contributed by atoms with Crippen LogP contribution in [0, 0.1) is 0 Å². The number of aromatic nitrogens is 4. The summed E-state index contributed by atoms with van der Waals surface area (Å²) in [5, 5.41) is 7.35. The van der Waals surface area contributed by atoms with Gasteiger partial charge in [0.05, 0.1) is 0 Å². The number of hydrogen-bond acceptors (Lipinski definition) is 6. The summed E-state index contributed by atoms with van der Waals surface area (Å²) in [6.45, 7) is 0. The molecule has 0 saturated carbocycles. The lowest BCUT2D eigenvalue weighted by atomic mass is 10.3. The third kappa shape index (κ3) is 2.67. The molecule has 0 radical (unpaired) electrons. The van der Waals surface area contributed by atoms with Gasteiger partial charge < -0.3 is 5.43 Å². The summed E-state index contributed by atoms with van der Waals surface area (Å²) in [5.41, 5.74) is 3.63. The van der Waals surface area contributed by atoms with Crippen LogP contribution in [0.3, 0.4) is 0 Å². The number of pyridine rings is 1. The molecule has 78 valence electrons. The van der Waals surface area contributed by atoms with Gasteiger partial charge >= 0.3 is 0 Å². The molecule has 2 aromatic heterocycles. The number of aromatic amines is 1. The van der Waals surface area contributed by atoms with E-state index < -0.39 is 0 Å². The van der Waals surface area contributed by atoms with E-state index in [4.69, 9.17) is 5.84 Å². The fraction of sp³-hybridized carbons (Fsp3) is 0.125. The topological polar surface area (TPSA) is 92.5 Å². The van der Waals surface area contributed by atoms with Gasteiger partial charge in [0, 0.05) is 11.9 Å². The molecule has 0 saturated heterocycles. The van der Waals surface area contributed by atoms with Gasteiger partial charge in [-0.2, -0.15) is 5.10 Å². The zero-order valence-electron chi connectivity index (χ0n) is 7.84. The van der Waals surface area contributed by atoms with Crippen molar-refractivity contribution in [1.82, 2.24) is 20.2 Å². The average molecular weight is 222 g/mol. The summed E-state index contributed by atoms with van der Waals surface area (Å²) in [4.78, 5) is 8.04. The molecule has 7 heteroatoms. The molecular weight excluding hydrogens is 212 g/mol. The van der Waals surface area contributed by atoms with Gasteiger partial charge in [-0.3, -0.25) is 5.10 Å². The van der Waals surface area contributed by atoms with Gasteiger partial charge in [0.2, 0.25) is 0 Å². The second-order valence-corrected chi connectivity index (χ2v) is 3.74. The van der Waals surface area contributed by atoms with E-state index in [-0.39, 0.29) is 0 Å². The number of H-pyrrole nitrogens is 1. The van der Waals surface area contributed by atoms with Gasteiger partial charge in [-0.05, 0) is 17.7 Å². The van der Waals surface area contributed by atoms with Crippen LogP contribution in [0.4, 0.5) is 5.82 Å². The number of rotatable bonds is 4. The van der Waals surface area contributed by atoms with Crippen molar-refractivity contribution in [2.45, 2.75) is 10.9 Å². The molecule has 0 bridgehead atoms. The molecular formula is C8H10N6S. The zero-order valence-corrected chi connectivity index (χ0v) is 8.66. The average Bonchev–Trinajstić information content (AvgIpc) is 2.79. The first kappa shape index (κ1) is 9.94. The maximum atomic E-state index is 5.26. The normalized spacial score (nSPS) is 10.2. The molecule has 2 rings (SSSR count). The highest BCUT2D eigenvalue weighted by Gasteiger charge is 1.99. The highest BCUT2D eigenvalue weighted by molar-refractivity contribution is 7.98. The Hall–Kier alpha value is -1.60. The van der Waals surface area contributed by atoms with E-state index in [2.05, 4.69) is 25.6 Å². The van der Waals surface area contributed by atoms with E-state index in [1.54, 1.807) is 18.0 Å². The number of thioether (sulfide) groups is 1. The minimum absolute atomic E-state index is 0.658.